The number of aryl methyl sites for hydroxylation is 1. The summed E-state index contributed by atoms with van der Waals surface area (Å²) in [4.78, 5) is 4.39. The van der Waals surface area contributed by atoms with Crippen LogP contribution in [-0.4, -0.2) is 22.2 Å². The van der Waals surface area contributed by atoms with E-state index < -0.39 is 5.60 Å². The molecule has 1 aromatic heterocycles. The maximum absolute atomic E-state index is 9.54. The number of aliphatic hydroxyl groups is 1. The molecule has 4 heteroatoms. The number of aromatic nitrogens is 1. The van der Waals surface area contributed by atoms with E-state index in [1.165, 1.54) is 0 Å². The van der Waals surface area contributed by atoms with Gasteiger partial charge in [0.1, 0.15) is 0 Å². The highest BCUT2D eigenvalue weighted by Crippen LogP contribution is 2.16. The van der Waals surface area contributed by atoms with Gasteiger partial charge >= 0.3 is 0 Å². The average Bonchev–Trinajstić information content (AvgIpc) is 2.46. The Morgan fingerprint density at radius 3 is 2.71 bits per heavy atom. The molecule has 1 atom stereocenters. The molecule has 0 aliphatic carbocycles. The lowest BCUT2D eigenvalue weighted by atomic mass is 10.1. The second-order valence-corrected chi connectivity index (χ2v) is 5.27. The van der Waals surface area contributed by atoms with E-state index in [2.05, 4.69) is 22.6 Å². The van der Waals surface area contributed by atoms with Gasteiger partial charge in [-0.15, -0.1) is 11.3 Å². The summed E-state index contributed by atoms with van der Waals surface area (Å²) in [5, 5.41) is 15.9. The minimum absolute atomic E-state index is 0.200. The van der Waals surface area contributed by atoms with Crippen LogP contribution < -0.4 is 5.32 Å². The van der Waals surface area contributed by atoms with Crippen LogP contribution in [0.1, 0.15) is 37.5 Å². The van der Waals surface area contributed by atoms with Gasteiger partial charge in [0, 0.05) is 18.0 Å². The zero-order valence-electron chi connectivity index (χ0n) is 9.16. The molecule has 1 heterocycles. The molecule has 0 aliphatic heterocycles. The first-order chi connectivity index (χ1) is 6.38. The minimum Gasteiger partial charge on any atom is -0.389 e. The zero-order chi connectivity index (χ0) is 10.8. The Balaban J connectivity index is 2.47. The Hall–Kier alpha value is -0.450. The molecule has 1 rings (SSSR count). The predicted molar refractivity (Wildman–Crippen MR) is 59.6 cm³/mol. The van der Waals surface area contributed by atoms with Gasteiger partial charge in [-0.05, 0) is 27.7 Å². The first kappa shape index (κ1) is 11.6. The van der Waals surface area contributed by atoms with Crippen LogP contribution in [0.2, 0.25) is 0 Å². The van der Waals surface area contributed by atoms with Crippen molar-refractivity contribution in [3.8, 4) is 0 Å². The molecule has 3 nitrogen and oxygen atoms in total. The Morgan fingerprint density at radius 2 is 2.29 bits per heavy atom. The van der Waals surface area contributed by atoms with Crippen LogP contribution in [0.25, 0.3) is 0 Å². The quantitative estimate of drug-likeness (QED) is 0.804. The van der Waals surface area contributed by atoms with E-state index in [1.807, 2.05) is 6.92 Å². The first-order valence-corrected chi connectivity index (χ1v) is 5.64. The average molecular weight is 214 g/mol. The molecule has 0 spiro atoms. The van der Waals surface area contributed by atoms with E-state index in [1.54, 1.807) is 25.2 Å². The van der Waals surface area contributed by atoms with Crippen molar-refractivity contribution in [3.05, 3.63) is 16.1 Å². The van der Waals surface area contributed by atoms with Crippen LogP contribution in [0, 0.1) is 6.92 Å². The molecule has 1 aromatic rings. The Bertz CT molecular complexity index is 291. The van der Waals surface area contributed by atoms with Gasteiger partial charge in [0.05, 0.1) is 16.3 Å². The first-order valence-electron chi connectivity index (χ1n) is 4.76. The SMILES string of the molecule is Cc1nc(C(C)NCC(C)(C)O)cs1. The van der Waals surface area contributed by atoms with Gasteiger partial charge in [0.15, 0.2) is 0 Å². The van der Waals surface area contributed by atoms with Crippen molar-refractivity contribution in [3.63, 3.8) is 0 Å². The summed E-state index contributed by atoms with van der Waals surface area (Å²) in [6, 6.07) is 0.200. The molecule has 80 valence electrons. The molecular weight excluding hydrogens is 196 g/mol. The van der Waals surface area contributed by atoms with Gasteiger partial charge in [-0.1, -0.05) is 0 Å². The second kappa shape index (κ2) is 4.38. The Kier molecular flexibility index (Phi) is 3.64. The van der Waals surface area contributed by atoms with E-state index in [9.17, 15) is 5.11 Å². The zero-order valence-corrected chi connectivity index (χ0v) is 9.98. The largest absolute Gasteiger partial charge is 0.389 e. The molecule has 0 bridgehead atoms. The standard InChI is InChI=1S/C10H18N2OS/c1-7(11-6-10(3,4)13)9-5-14-8(2)12-9/h5,7,11,13H,6H2,1-4H3. The number of nitrogens with zero attached hydrogens (tertiary/aromatic N) is 1. The molecule has 0 saturated heterocycles. The number of hydrogen-bond donors (Lipinski definition) is 2. The maximum Gasteiger partial charge on any atom is 0.0898 e. The van der Waals surface area contributed by atoms with Crippen LogP contribution in [0.3, 0.4) is 0 Å². The molecule has 14 heavy (non-hydrogen) atoms. The fourth-order valence-corrected chi connectivity index (χ4v) is 1.79. The summed E-state index contributed by atoms with van der Waals surface area (Å²) in [6.07, 6.45) is 0. The highest BCUT2D eigenvalue weighted by molar-refractivity contribution is 7.09. The number of hydrogen-bond acceptors (Lipinski definition) is 4. The molecule has 0 radical (unpaired) electrons. The van der Waals surface area contributed by atoms with E-state index in [0.717, 1.165) is 10.7 Å². The maximum atomic E-state index is 9.54. The molecule has 1 unspecified atom stereocenters. The van der Waals surface area contributed by atoms with Crippen molar-refractivity contribution >= 4 is 11.3 Å². The summed E-state index contributed by atoms with van der Waals surface area (Å²) in [5.74, 6) is 0. The Morgan fingerprint density at radius 1 is 1.64 bits per heavy atom. The van der Waals surface area contributed by atoms with Crippen molar-refractivity contribution in [1.29, 1.82) is 0 Å². The van der Waals surface area contributed by atoms with E-state index in [0.29, 0.717) is 6.54 Å². The lowest BCUT2D eigenvalue weighted by Gasteiger charge is -2.20. The molecule has 0 aliphatic rings. The molecular formula is C10H18N2OS. The van der Waals surface area contributed by atoms with Crippen molar-refractivity contribution in [2.75, 3.05) is 6.54 Å². The van der Waals surface area contributed by atoms with Crippen molar-refractivity contribution in [1.82, 2.24) is 10.3 Å². The van der Waals surface area contributed by atoms with E-state index in [-0.39, 0.29) is 6.04 Å². The second-order valence-electron chi connectivity index (χ2n) is 4.21. The van der Waals surface area contributed by atoms with Gasteiger partial charge in [0.25, 0.3) is 0 Å². The fraction of sp³-hybridized carbons (Fsp3) is 0.700. The number of thiazole rings is 1. The topological polar surface area (TPSA) is 45.2 Å². The number of rotatable bonds is 4. The normalized spacial score (nSPS) is 14.4. The monoisotopic (exact) mass is 214 g/mol. The van der Waals surface area contributed by atoms with Crippen LogP contribution in [-0.2, 0) is 0 Å². The highest BCUT2D eigenvalue weighted by atomic mass is 32.1. The summed E-state index contributed by atoms with van der Waals surface area (Å²) in [5.41, 5.74) is 0.385. The van der Waals surface area contributed by atoms with Gasteiger partial charge < -0.3 is 10.4 Å². The van der Waals surface area contributed by atoms with Gasteiger partial charge in [0.2, 0.25) is 0 Å². The number of nitrogens with one attached hydrogen (secondary N) is 1. The van der Waals surface area contributed by atoms with Crippen LogP contribution in [0.4, 0.5) is 0 Å². The van der Waals surface area contributed by atoms with Gasteiger partial charge in [-0.2, -0.15) is 0 Å². The summed E-state index contributed by atoms with van der Waals surface area (Å²) in [7, 11) is 0. The molecule has 0 aromatic carbocycles. The van der Waals surface area contributed by atoms with E-state index >= 15 is 0 Å². The van der Waals surface area contributed by atoms with Crippen molar-refractivity contribution < 1.29 is 5.11 Å². The fourth-order valence-electron chi connectivity index (χ4n) is 1.09. The van der Waals surface area contributed by atoms with Crippen LogP contribution in [0.5, 0.6) is 0 Å². The summed E-state index contributed by atoms with van der Waals surface area (Å²) in [6.45, 7) is 8.21. The van der Waals surface area contributed by atoms with Crippen molar-refractivity contribution in [2.45, 2.75) is 39.3 Å². The predicted octanol–water partition coefficient (Wildman–Crippen LogP) is 1.87. The lowest BCUT2D eigenvalue weighted by molar-refractivity contribution is 0.0769. The van der Waals surface area contributed by atoms with Gasteiger partial charge in [-0.25, -0.2) is 4.98 Å². The van der Waals surface area contributed by atoms with E-state index in [4.69, 9.17) is 0 Å². The smallest absolute Gasteiger partial charge is 0.0898 e. The third-order valence-electron chi connectivity index (χ3n) is 1.92. The molecule has 0 fully saturated rings. The summed E-state index contributed by atoms with van der Waals surface area (Å²) >= 11 is 1.65. The molecule has 0 saturated carbocycles. The minimum atomic E-state index is -0.667. The summed E-state index contributed by atoms with van der Waals surface area (Å²) < 4.78 is 0. The molecule has 2 N–H and O–H groups in total. The third kappa shape index (κ3) is 3.74. The molecule has 0 amide bonds. The third-order valence-corrected chi connectivity index (χ3v) is 2.71. The van der Waals surface area contributed by atoms with Crippen molar-refractivity contribution in [2.24, 2.45) is 0 Å². The lowest BCUT2D eigenvalue weighted by Crippen LogP contribution is -2.36. The van der Waals surface area contributed by atoms with Crippen LogP contribution in [0.15, 0.2) is 5.38 Å². The van der Waals surface area contributed by atoms with Crippen LogP contribution >= 0.6 is 11.3 Å². The van der Waals surface area contributed by atoms with Gasteiger partial charge in [-0.3, -0.25) is 0 Å². The Labute approximate surface area is 89.2 Å². The highest BCUT2D eigenvalue weighted by Gasteiger charge is 2.15.